The van der Waals surface area contributed by atoms with Crippen molar-refractivity contribution in [2.24, 2.45) is 0 Å². The zero-order valence-electron chi connectivity index (χ0n) is 12.7. The van der Waals surface area contributed by atoms with Gasteiger partial charge in [0.1, 0.15) is 0 Å². The van der Waals surface area contributed by atoms with E-state index in [0.717, 1.165) is 17.8 Å². The minimum Gasteiger partial charge on any atom is -0.362 e. The molecule has 0 saturated heterocycles. The number of hydrogen-bond donors (Lipinski definition) is 4. The quantitative estimate of drug-likeness (QED) is 0.486. The SMILES string of the molecule is O=C(NCCCNC(=S)Nc1ccccc1)Nc1ccccc1. The van der Waals surface area contributed by atoms with Crippen molar-refractivity contribution in [2.45, 2.75) is 6.42 Å². The number of anilines is 2. The molecule has 0 aliphatic carbocycles. The second-order valence-electron chi connectivity index (χ2n) is 4.85. The molecule has 0 saturated carbocycles. The van der Waals surface area contributed by atoms with E-state index in [1.807, 2.05) is 60.7 Å². The molecule has 0 radical (unpaired) electrons. The first-order valence-corrected chi connectivity index (χ1v) is 7.84. The molecular formula is C17H20N4OS. The van der Waals surface area contributed by atoms with Gasteiger partial charge in [-0.3, -0.25) is 0 Å². The summed E-state index contributed by atoms with van der Waals surface area (Å²) in [6.07, 6.45) is 0.777. The molecule has 0 aliphatic heterocycles. The first-order valence-electron chi connectivity index (χ1n) is 7.44. The van der Waals surface area contributed by atoms with Gasteiger partial charge >= 0.3 is 6.03 Å². The van der Waals surface area contributed by atoms with E-state index in [0.29, 0.717) is 18.2 Å². The van der Waals surface area contributed by atoms with Crippen molar-refractivity contribution in [1.82, 2.24) is 10.6 Å². The minimum absolute atomic E-state index is 0.207. The lowest BCUT2D eigenvalue weighted by Crippen LogP contribution is -2.33. The van der Waals surface area contributed by atoms with Crippen LogP contribution in [0.1, 0.15) is 6.42 Å². The third-order valence-corrected chi connectivity index (χ3v) is 3.23. The van der Waals surface area contributed by atoms with Gasteiger partial charge in [0, 0.05) is 24.5 Å². The Labute approximate surface area is 141 Å². The van der Waals surface area contributed by atoms with Gasteiger partial charge in [0.2, 0.25) is 0 Å². The van der Waals surface area contributed by atoms with Crippen molar-refractivity contribution in [3.8, 4) is 0 Å². The molecule has 2 rings (SSSR count). The van der Waals surface area contributed by atoms with Crippen LogP contribution in [-0.4, -0.2) is 24.2 Å². The van der Waals surface area contributed by atoms with Gasteiger partial charge in [0.25, 0.3) is 0 Å². The Hall–Kier alpha value is -2.60. The lowest BCUT2D eigenvalue weighted by Gasteiger charge is -2.11. The highest BCUT2D eigenvalue weighted by atomic mass is 32.1. The molecule has 120 valence electrons. The summed E-state index contributed by atoms with van der Waals surface area (Å²) < 4.78 is 0. The van der Waals surface area contributed by atoms with Gasteiger partial charge in [-0.25, -0.2) is 4.79 Å². The smallest absolute Gasteiger partial charge is 0.319 e. The molecule has 0 aliphatic rings. The highest BCUT2D eigenvalue weighted by Gasteiger charge is 2.00. The molecule has 23 heavy (non-hydrogen) atoms. The van der Waals surface area contributed by atoms with Gasteiger partial charge < -0.3 is 21.3 Å². The van der Waals surface area contributed by atoms with E-state index < -0.39 is 0 Å². The average molecular weight is 328 g/mol. The van der Waals surface area contributed by atoms with Crippen LogP contribution in [0.3, 0.4) is 0 Å². The number of para-hydroxylation sites is 2. The number of benzene rings is 2. The van der Waals surface area contributed by atoms with Crippen LogP contribution < -0.4 is 21.3 Å². The van der Waals surface area contributed by atoms with Gasteiger partial charge in [0.05, 0.1) is 0 Å². The van der Waals surface area contributed by atoms with E-state index in [2.05, 4.69) is 21.3 Å². The Kier molecular flexibility index (Phi) is 6.87. The molecule has 0 bridgehead atoms. The molecule has 0 heterocycles. The maximum atomic E-state index is 11.7. The molecule has 0 unspecified atom stereocenters. The molecule has 5 nitrogen and oxygen atoms in total. The normalized spacial score (nSPS) is 9.74. The summed E-state index contributed by atoms with van der Waals surface area (Å²) in [5.74, 6) is 0. The van der Waals surface area contributed by atoms with Crippen molar-refractivity contribution in [3.63, 3.8) is 0 Å². The maximum Gasteiger partial charge on any atom is 0.319 e. The summed E-state index contributed by atoms with van der Waals surface area (Å²) in [7, 11) is 0. The number of rotatable bonds is 6. The summed E-state index contributed by atoms with van der Waals surface area (Å²) in [5, 5.41) is 12.3. The van der Waals surface area contributed by atoms with E-state index in [1.54, 1.807) is 0 Å². The molecule has 2 amide bonds. The number of carbonyl (C=O) groups excluding carboxylic acids is 1. The lowest BCUT2D eigenvalue weighted by atomic mass is 10.3. The molecule has 0 fully saturated rings. The Balaban J connectivity index is 1.55. The van der Waals surface area contributed by atoms with Crippen molar-refractivity contribution < 1.29 is 4.79 Å². The van der Waals surface area contributed by atoms with Crippen LogP contribution in [0.5, 0.6) is 0 Å². The predicted molar refractivity (Wildman–Crippen MR) is 98.7 cm³/mol. The standard InChI is InChI=1S/C17H20N4OS/c22-16(20-14-8-3-1-4-9-14)18-12-7-13-19-17(23)21-15-10-5-2-6-11-15/h1-6,8-11H,7,12-13H2,(H2,18,20,22)(H2,19,21,23). The molecule has 2 aromatic carbocycles. The van der Waals surface area contributed by atoms with Crippen LogP contribution in [-0.2, 0) is 0 Å². The van der Waals surface area contributed by atoms with Gasteiger partial charge in [0.15, 0.2) is 5.11 Å². The van der Waals surface area contributed by atoms with Crippen LogP contribution in [0, 0.1) is 0 Å². The fourth-order valence-corrected chi connectivity index (χ4v) is 2.11. The number of nitrogens with one attached hydrogen (secondary N) is 4. The van der Waals surface area contributed by atoms with Gasteiger partial charge in [-0.2, -0.15) is 0 Å². The van der Waals surface area contributed by atoms with Crippen LogP contribution >= 0.6 is 12.2 Å². The van der Waals surface area contributed by atoms with Crippen molar-refractivity contribution in [2.75, 3.05) is 23.7 Å². The molecular weight excluding hydrogens is 308 g/mol. The summed E-state index contributed by atoms with van der Waals surface area (Å²) in [5.41, 5.74) is 1.72. The number of urea groups is 1. The zero-order valence-corrected chi connectivity index (χ0v) is 13.5. The monoisotopic (exact) mass is 328 g/mol. The average Bonchev–Trinajstić information content (AvgIpc) is 2.56. The number of amides is 2. The van der Waals surface area contributed by atoms with E-state index in [-0.39, 0.29) is 6.03 Å². The van der Waals surface area contributed by atoms with E-state index in [4.69, 9.17) is 12.2 Å². The summed E-state index contributed by atoms with van der Waals surface area (Å²) in [4.78, 5) is 11.7. The fraction of sp³-hybridized carbons (Fsp3) is 0.176. The Morgan fingerprint density at radius 1 is 0.783 bits per heavy atom. The van der Waals surface area contributed by atoms with Crippen molar-refractivity contribution >= 4 is 34.7 Å². The summed E-state index contributed by atoms with van der Waals surface area (Å²) in [6, 6.07) is 18.9. The molecule has 2 aromatic rings. The van der Waals surface area contributed by atoms with Crippen LogP contribution in [0.4, 0.5) is 16.2 Å². The topological polar surface area (TPSA) is 65.2 Å². The fourth-order valence-electron chi connectivity index (χ4n) is 1.89. The van der Waals surface area contributed by atoms with Crippen molar-refractivity contribution in [3.05, 3.63) is 60.7 Å². The maximum absolute atomic E-state index is 11.7. The van der Waals surface area contributed by atoms with E-state index >= 15 is 0 Å². The van der Waals surface area contributed by atoms with Crippen LogP contribution in [0.15, 0.2) is 60.7 Å². The van der Waals surface area contributed by atoms with Gasteiger partial charge in [-0.1, -0.05) is 36.4 Å². The molecule has 4 N–H and O–H groups in total. The first kappa shape index (κ1) is 16.8. The predicted octanol–water partition coefficient (Wildman–Crippen LogP) is 3.18. The van der Waals surface area contributed by atoms with Crippen molar-refractivity contribution in [1.29, 1.82) is 0 Å². The third kappa shape index (κ3) is 6.80. The molecule has 0 atom stereocenters. The van der Waals surface area contributed by atoms with Crippen LogP contribution in [0.2, 0.25) is 0 Å². The molecule has 0 spiro atoms. The summed E-state index contributed by atoms with van der Waals surface area (Å²) >= 11 is 5.20. The Morgan fingerprint density at radius 2 is 1.30 bits per heavy atom. The lowest BCUT2D eigenvalue weighted by molar-refractivity contribution is 0.252. The summed E-state index contributed by atoms with van der Waals surface area (Å²) in [6.45, 7) is 1.25. The number of carbonyl (C=O) groups is 1. The number of hydrogen-bond acceptors (Lipinski definition) is 2. The second-order valence-corrected chi connectivity index (χ2v) is 5.26. The van der Waals surface area contributed by atoms with Gasteiger partial charge in [-0.05, 0) is 42.9 Å². The largest absolute Gasteiger partial charge is 0.362 e. The highest BCUT2D eigenvalue weighted by Crippen LogP contribution is 2.04. The Bertz CT molecular complexity index is 564. The van der Waals surface area contributed by atoms with Gasteiger partial charge in [-0.15, -0.1) is 0 Å². The minimum atomic E-state index is -0.207. The molecule has 6 heteroatoms. The first-order chi connectivity index (χ1) is 11.2. The third-order valence-electron chi connectivity index (χ3n) is 2.99. The second kappa shape index (κ2) is 9.42. The van der Waals surface area contributed by atoms with E-state index in [9.17, 15) is 4.79 Å². The molecule has 0 aromatic heterocycles. The zero-order chi connectivity index (χ0) is 16.3. The number of thiocarbonyl (C=S) groups is 1. The highest BCUT2D eigenvalue weighted by molar-refractivity contribution is 7.80. The van der Waals surface area contributed by atoms with E-state index in [1.165, 1.54) is 0 Å². The van der Waals surface area contributed by atoms with Crippen LogP contribution in [0.25, 0.3) is 0 Å². The Morgan fingerprint density at radius 3 is 1.91 bits per heavy atom.